The quantitative estimate of drug-likeness (QED) is 0.890. The van der Waals surface area contributed by atoms with Gasteiger partial charge in [-0.15, -0.1) is 0 Å². The Labute approximate surface area is 135 Å². The van der Waals surface area contributed by atoms with Gasteiger partial charge in [-0.1, -0.05) is 12.1 Å². The summed E-state index contributed by atoms with van der Waals surface area (Å²) in [6.07, 6.45) is 4.67. The number of aliphatic hydroxyl groups is 1. The highest BCUT2D eigenvalue weighted by atomic mass is 19.1. The molecule has 2 aromatic rings. The Bertz CT molecular complexity index is 648. The molecule has 0 aliphatic carbocycles. The van der Waals surface area contributed by atoms with Crippen molar-refractivity contribution in [3.8, 4) is 5.75 Å². The van der Waals surface area contributed by atoms with Crippen molar-refractivity contribution in [3.05, 3.63) is 59.7 Å². The van der Waals surface area contributed by atoms with Crippen molar-refractivity contribution in [1.29, 1.82) is 0 Å². The summed E-state index contributed by atoms with van der Waals surface area (Å²) in [7, 11) is 1.65. The molecular weight excluding hydrogens is 295 g/mol. The summed E-state index contributed by atoms with van der Waals surface area (Å²) in [5.74, 6) is 0.425. The van der Waals surface area contributed by atoms with Crippen LogP contribution in [-0.4, -0.2) is 29.3 Å². The van der Waals surface area contributed by atoms with E-state index in [9.17, 15) is 9.50 Å². The van der Waals surface area contributed by atoms with E-state index < -0.39 is 11.9 Å². The Kier molecular flexibility index (Phi) is 4.88. The summed E-state index contributed by atoms with van der Waals surface area (Å²) >= 11 is 0. The molecule has 1 aromatic carbocycles. The van der Waals surface area contributed by atoms with Crippen LogP contribution in [0.15, 0.2) is 42.7 Å². The lowest BCUT2D eigenvalue weighted by Gasteiger charge is -2.20. The van der Waals surface area contributed by atoms with Gasteiger partial charge in [-0.25, -0.2) is 4.39 Å². The van der Waals surface area contributed by atoms with Crippen LogP contribution in [-0.2, 0) is 6.42 Å². The van der Waals surface area contributed by atoms with E-state index in [0.29, 0.717) is 11.6 Å². The molecule has 2 N–H and O–H groups in total. The summed E-state index contributed by atoms with van der Waals surface area (Å²) in [5.41, 5.74) is 1.75. The zero-order valence-corrected chi connectivity index (χ0v) is 13.1. The van der Waals surface area contributed by atoms with Crippen LogP contribution in [0, 0.1) is 5.82 Å². The number of aliphatic hydroxyl groups excluding tert-OH is 1. The fraction of sp³-hybridized carbons (Fsp3) is 0.389. The first kappa shape index (κ1) is 15.9. The molecule has 5 heteroatoms. The lowest BCUT2D eigenvalue weighted by atomic mass is 10.0. The van der Waals surface area contributed by atoms with E-state index in [-0.39, 0.29) is 6.04 Å². The SMILES string of the molecule is COc1ccc(C[C@H]2CC[C@H]([C@@H](O)c3cncc(F)c3)N2)cc1. The molecule has 1 saturated heterocycles. The molecule has 0 amide bonds. The van der Waals surface area contributed by atoms with E-state index in [0.717, 1.165) is 31.2 Å². The maximum Gasteiger partial charge on any atom is 0.141 e. The zero-order valence-electron chi connectivity index (χ0n) is 13.1. The first-order chi connectivity index (χ1) is 11.2. The molecule has 1 fully saturated rings. The van der Waals surface area contributed by atoms with E-state index >= 15 is 0 Å². The van der Waals surface area contributed by atoms with E-state index in [1.165, 1.54) is 17.8 Å². The van der Waals surface area contributed by atoms with Gasteiger partial charge < -0.3 is 15.2 Å². The molecule has 0 bridgehead atoms. The number of methoxy groups -OCH3 is 1. The number of ether oxygens (including phenoxy) is 1. The van der Waals surface area contributed by atoms with Gasteiger partial charge in [0.25, 0.3) is 0 Å². The maximum atomic E-state index is 13.2. The highest BCUT2D eigenvalue weighted by Gasteiger charge is 2.30. The number of nitrogens with one attached hydrogen (secondary N) is 1. The molecule has 0 radical (unpaired) electrons. The Morgan fingerprint density at radius 2 is 2.09 bits per heavy atom. The van der Waals surface area contributed by atoms with Crippen molar-refractivity contribution in [1.82, 2.24) is 10.3 Å². The summed E-state index contributed by atoms with van der Waals surface area (Å²) in [6, 6.07) is 9.60. The molecular formula is C18H21FN2O2. The smallest absolute Gasteiger partial charge is 0.141 e. The van der Waals surface area contributed by atoms with Crippen molar-refractivity contribution in [2.45, 2.75) is 37.5 Å². The third-order valence-corrected chi connectivity index (χ3v) is 4.37. The molecule has 0 saturated carbocycles. The average Bonchev–Trinajstić information content (AvgIpc) is 3.03. The molecule has 23 heavy (non-hydrogen) atoms. The van der Waals surface area contributed by atoms with Crippen LogP contribution >= 0.6 is 0 Å². The van der Waals surface area contributed by atoms with Gasteiger partial charge in [0, 0.05) is 23.8 Å². The van der Waals surface area contributed by atoms with Crippen molar-refractivity contribution in [2.75, 3.05) is 7.11 Å². The molecule has 2 heterocycles. The molecule has 4 nitrogen and oxygen atoms in total. The predicted molar refractivity (Wildman–Crippen MR) is 85.8 cm³/mol. The minimum absolute atomic E-state index is 0.0677. The zero-order chi connectivity index (χ0) is 16.2. The second-order valence-corrected chi connectivity index (χ2v) is 5.98. The second-order valence-electron chi connectivity index (χ2n) is 5.98. The van der Waals surface area contributed by atoms with Crippen LogP contribution < -0.4 is 10.1 Å². The van der Waals surface area contributed by atoms with Crippen molar-refractivity contribution in [3.63, 3.8) is 0 Å². The molecule has 3 atom stereocenters. The number of nitrogens with zero attached hydrogens (tertiary/aromatic N) is 1. The van der Waals surface area contributed by atoms with Crippen molar-refractivity contribution in [2.24, 2.45) is 0 Å². The Hall–Kier alpha value is -1.98. The van der Waals surface area contributed by atoms with Gasteiger partial charge in [-0.2, -0.15) is 0 Å². The van der Waals surface area contributed by atoms with E-state index in [1.54, 1.807) is 7.11 Å². The van der Waals surface area contributed by atoms with Crippen molar-refractivity contribution < 1.29 is 14.2 Å². The monoisotopic (exact) mass is 316 g/mol. The largest absolute Gasteiger partial charge is 0.497 e. The predicted octanol–water partition coefficient (Wildman–Crippen LogP) is 2.63. The third kappa shape index (κ3) is 3.86. The van der Waals surface area contributed by atoms with Gasteiger partial charge in [0.1, 0.15) is 11.6 Å². The Balaban J connectivity index is 1.59. The number of benzene rings is 1. The standard InChI is InChI=1S/C18H21FN2O2/c1-23-16-5-2-12(3-6-16)8-15-4-7-17(21-15)18(22)13-9-14(19)11-20-10-13/h2-3,5-6,9-11,15,17-18,21-22H,4,7-8H2,1H3/t15-,17-,18+/m1/s1. The van der Waals surface area contributed by atoms with Crippen LogP contribution in [0.4, 0.5) is 4.39 Å². The topological polar surface area (TPSA) is 54.4 Å². The van der Waals surface area contributed by atoms with E-state index in [4.69, 9.17) is 4.74 Å². The number of hydrogen-bond acceptors (Lipinski definition) is 4. The molecule has 1 aliphatic heterocycles. The summed E-state index contributed by atoms with van der Waals surface area (Å²) in [5, 5.41) is 13.9. The van der Waals surface area contributed by atoms with Gasteiger partial charge in [0.15, 0.2) is 0 Å². The lowest BCUT2D eigenvalue weighted by molar-refractivity contribution is 0.134. The number of hydrogen-bond donors (Lipinski definition) is 2. The molecule has 122 valence electrons. The number of rotatable bonds is 5. The average molecular weight is 316 g/mol. The normalized spacial score (nSPS) is 22.0. The number of halogens is 1. The van der Waals surface area contributed by atoms with Gasteiger partial charge in [0.2, 0.25) is 0 Å². The van der Waals surface area contributed by atoms with Crippen LogP contribution in [0.25, 0.3) is 0 Å². The van der Waals surface area contributed by atoms with Crippen LogP contribution in [0.3, 0.4) is 0 Å². The fourth-order valence-corrected chi connectivity index (χ4v) is 3.13. The first-order valence-electron chi connectivity index (χ1n) is 7.83. The molecule has 0 unspecified atom stereocenters. The van der Waals surface area contributed by atoms with Gasteiger partial charge in [-0.3, -0.25) is 4.98 Å². The molecule has 1 aliphatic rings. The number of aromatic nitrogens is 1. The lowest BCUT2D eigenvalue weighted by Crippen LogP contribution is -2.35. The fourth-order valence-electron chi connectivity index (χ4n) is 3.13. The Morgan fingerprint density at radius 1 is 1.30 bits per heavy atom. The maximum absolute atomic E-state index is 13.2. The second kappa shape index (κ2) is 7.06. The summed E-state index contributed by atoms with van der Waals surface area (Å²) < 4.78 is 18.4. The summed E-state index contributed by atoms with van der Waals surface area (Å²) in [6.45, 7) is 0. The summed E-state index contributed by atoms with van der Waals surface area (Å²) in [4.78, 5) is 3.81. The highest BCUT2D eigenvalue weighted by Crippen LogP contribution is 2.27. The van der Waals surface area contributed by atoms with Crippen molar-refractivity contribution >= 4 is 0 Å². The minimum Gasteiger partial charge on any atom is -0.497 e. The highest BCUT2D eigenvalue weighted by molar-refractivity contribution is 5.28. The van der Waals surface area contributed by atoms with Crippen LogP contribution in [0.2, 0.25) is 0 Å². The first-order valence-corrected chi connectivity index (χ1v) is 7.83. The molecule has 1 aromatic heterocycles. The van der Waals surface area contributed by atoms with E-state index in [1.807, 2.05) is 12.1 Å². The van der Waals surface area contributed by atoms with Gasteiger partial charge in [0.05, 0.1) is 19.4 Å². The minimum atomic E-state index is -0.737. The van der Waals surface area contributed by atoms with Crippen LogP contribution in [0.5, 0.6) is 5.75 Å². The molecule has 0 spiro atoms. The molecule has 3 rings (SSSR count). The third-order valence-electron chi connectivity index (χ3n) is 4.37. The number of pyridine rings is 1. The van der Waals surface area contributed by atoms with Gasteiger partial charge >= 0.3 is 0 Å². The van der Waals surface area contributed by atoms with Gasteiger partial charge in [-0.05, 0) is 43.0 Å². The van der Waals surface area contributed by atoms with Crippen LogP contribution in [0.1, 0.15) is 30.1 Å². The van der Waals surface area contributed by atoms with E-state index in [2.05, 4.69) is 22.4 Å². The Morgan fingerprint density at radius 3 is 2.78 bits per heavy atom.